The number of ketones is 1. The van der Waals surface area contributed by atoms with Gasteiger partial charge in [0.2, 0.25) is 0 Å². The van der Waals surface area contributed by atoms with E-state index in [4.69, 9.17) is 4.74 Å². The minimum atomic E-state index is 0.147. The Kier molecular flexibility index (Phi) is 3.62. The van der Waals surface area contributed by atoms with E-state index in [9.17, 15) is 4.79 Å². The first-order chi connectivity index (χ1) is 9.69. The van der Waals surface area contributed by atoms with Crippen LogP contribution < -0.4 is 4.74 Å². The van der Waals surface area contributed by atoms with Gasteiger partial charge in [0, 0.05) is 10.9 Å². The van der Waals surface area contributed by atoms with Gasteiger partial charge in [-0.1, -0.05) is 40.2 Å². The molecule has 0 aliphatic heterocycles. The van der Waals surface area contributed by atoms with Crippen LogP contribution in [0.3, 0.4) is 0 Å². The predicted molar refractivity (Wildman–Crippen MR) is 82.5 cm³/mol. The number of hydrogen-bond donors (Lipinski definition) is 0. The third-order valence-corrected chi connectivity index (χ3v) is 4.35. The minimum Gasteiger partial charge on any atom is -0.496 e. The van der Waals surface area contributed by atoms with Gasteiger partial charge in [0.25, 0.3) is 0 Å². The van der Waals surface area contributed by atoms with Crippen LogP contribution in [0, 0.1) is 0 Å². The number of ether oxygens (including phenoxy) is 1. The van der Waals surface area contributed by atoms with E-state index in [1.54, 1.807) is 7.11 Å². The minimum absolute atomic E-state index is 0.147. The van der Waals surface area contributed by atoms with Crippen molar-refractivity contribution in [1.82, 2.24) is 0 Å². The number of Topliss-reactive ketones (excluding diaryl/α,β-unsaturated/α-hetero) is 1. The molecule has 0 bridgehead atoms. The summed E-state index contributed by atoms with van der Waals surface area (Å²) in [5, 5.41) is 0. The standard InChI is InChI=1S/C17H15BrO2/c1-20-17-10-13(18)6-7-15(17)16(19)9-12-8-11-4-2-3-5-14(11)12/h2-7,10,12H,8-9H2,1H3. The van der Waals surface area contributed by atoms with E-state index in [1.165, 1.54) is 11.1 Å². The number of halogens is 1. The SMILES string of the molecule is COc1cc(Br)ccc1C(=O)CC1Cc2ccccc21. The molecule has 0 saturated carbocycles. The fourth-order valence-electron chi connectivity index (χ4n) is 2.77. The smallest absolute Gasteiger partial charge is 0.167 e. The van der Waals surface area contributed by atoms with Crippen molar-refractivity contribution in [2.75, 3.05) is 7.11 Å². The summed E-state index contributed by atoms with van der Waals surface area (Å²) in [5.74, 6) is 1.14. The van der Waals surface area contributed by atoms with Crippen LogP contribution in [0.2, 0.25) is 0 Å². The van der Waals surface area contributed by atoms with Crippen LogP contribution in [-0.4, -0.2) is 12.9 Å². The molecule has 0 N–H and O–H groups in total. The summed E-state index contributed by atoms with van der Waals surface area (Å²) in [7, 11) is 1.59. The Balaban J connectivity index is 1.78. The normalized spacial score (nSPS) is 16.2. The van der Waals surface area contributed by atoms with E-state index in [2.05, 4.69) is 34.1 Å². The second-order valence-electron chi connectivity index (χ2n) is 5.07. The molecule has 2 aromatic rings. The third-order valence-electron chi connectivity index (χ3n) is 3.86. The fourth-order valence-corrected chi connectivity index (χ4v) is 3.11. The zero-order chi connectivity index (χ0) is 14.1. The van der Waals surface area contributed by atoms with Crippen LogP contribution in [0.4, 0.5) is 0 Å². The Morgan fingerprint density at radius 1 is 1.30 bits per heavy atom. The molecule has 1 aliphatic carbocycles. The summed E-state index contributed by atoms with van der Waals surface area (Å²) in [5.41, 5.74) is 3.35. The number of methoxy groups -OCH3 is 1. The van der Waals surface area contributed by atoms with Gasteiger partial charge in [-0.15, -0.1) is 0 Å². The molecule has 0 saturated heterocycles. The highest BCUT2D eigenvalue weighted by atomic mass is 79.9. The maximum Gasteiger partial charge on any atom is 0.167 e. The molecule has 3 rings (SSSR count). The van der Waals surface area contributed by atoms with Crippen molar-refractivity contribution < 1.29 is 9.53 Å². The largest absolute Gasteiger partial charge is 0.496 e. The zero-order valence-corrected chi connectivity index (χ0v) is 12.8. The summed E-state index contributed by atoms with van der Waals surface area (Å²) in [6, 6.07) is 13.9. The highest BCUT2D eigenvalue weighted by Crippen LogP contribution is 2.38. The van der Waals surface area contributed by atoms with Crippen molar-refractivity contribution >= 4 is 21.7 Å². The lowest BCUT2D eigenvalue weighted by atomic mass is 9.74. The Bertz CT molecular complexity index is 664. The maximum absolute atomic E-state index is 12.5. The van der Waals surface area contributed by atoms with E-state index in [0.717, 1.165) is 10.9 Å². The molecule has 2 aromatic carbocycles. The van der Waals surface area contributed by atoms with Gasteiger partial charge in [0.15, 0.2) is 5.78 Å². The number of rotatable bonds is 4. The molecular weight excluding hydrogens is 316 g/mol. The number of carbonyl (C=O) groups is 1. The quantitative estimate of drug-likeness (QED) is 0.778. The molecule has 0 radical (unpaired) electrons. The summed E-state index contributed by atoms with van der Waals surface area (Å²) >= 11 is 3.39. The third kappa shape index (κ3) is 2.38. The van der Waals surface area contributed by atoms with Gasteiger partial charge in [-0.2, -0.15) is 0 Å². The predicted octanol–water partition coefficient (Wildman–Crippen LogP) is 4.37. The number of benzene rings is 2. The second kappa shape index (κ2) is 5.41. The first-order valence-corrected chi connectivity index (χ1v) is 7.43. The van der Waals surface area contributed by atoms with E-state index in [-0.39, 0.29) is 5.78 Å². The van der Waals surface area contributed by atoms with Gasteiger partial charge >= 0.3 is 0 Å². The molecule has 0 heterocycles. The van der Waals surface area contributed by atoms with Gasteiger partial charge in [-0.3, -0.25) is 4.79 Å². The monoisotopic (exact) mass is 330 g/mol. The molecule has 1 atom stereocenters. The number of hydrogen-bond acceptors (Lipinski definition) is 2. The fraction of sp³-hybridized carbons (Fsp3) is 0.235. The lowest BCUT2D eigenvalue weighted by molar-refractivity contribution is 0.0967. The lowest BCUT2D eigenvalue weighted by Gasteiger charge is -2.29. The van der Waals surface area contributed by atoms with E-state index in [1.807, 2.05) is 24.3 Å². The van der Waals surface area contributed by atoms with Gasteiger partial charge < -0.3 is 4.74 Å². The molecule has 1 unspecified atom stereocenters. The summed E-state index contributed by atoms with van der Waals surface area (Å²) < 4.78 is 6.22. The van der Waals surface area contributed by atoms with Crippen LogP contribution in [0.5, 0.6) is 5.75 Å². The Labute approximate surface area is 126 Å². The van der Waals surface area contributed by atoms with Crippen molar-refractivity contribution in [2.45, 2.75) is 18.8 Å². The van der Waals surface area contributed by atoms with Crippen LogP contribution in [0.1, 0.15) is 33.8 Å². The van der Waals surface area contributed by atoms with Crippen LogP contribution in [-0.2, 0) is 6.42 Å². The van der Waals surface area contributed by atoms with Crippen LogP contribution in [0.25, 0.3) is 0 Å². The molecule has 3 heteroatoms. The van der Waals surface area contributed by atoms with E-state index < -0.39 is 0 Å². The Morgan fingerprint density at radius 3 is 2.85 bits per heavy atom. The number of carbonyl (C=O) groups excluding carboxylic acids is 1. The maximum atomic E-state index is 12.5. The molecule has 1 aliphatic rings. The van der Waals surface area contributed by atoms with Crippen LogP contribution in [0.15, 0.2) is 46.9 Å². The van der Waals surface area contributed by atoms with E-state index in [0.29, 0.717) is 23.7 Å². The molecule has 0 amide bonds. The topological polar surface area (TPSA) is 26.3 Å². The highest BCUT2D eigenvalue weighted by Gasteiger charge is 2.28. The average molecular weight is 331 g/mol. The highest BCUT2D eigenvalue weighted by molar-refractivity contribution is 9.10. The average Bonchev–Trinajstić information content (AvgIpc) is 2.44. The Hall–Kier alpha value is -1.61. The Morgan fingerprint density at radius 2 is 2.10 bits per heavy atom. The first kappa shape index (κ1) is 13.4. The van der Waals surface area contributed by atoms with Gasteiger partial charge in [0.05, 0.1) is 12.7 Å². The molecule has 20 heavy (non-hydrogen) atoms. The molecule has 0 spiro atoms. The zero-order valence-electron chi connectivity index (χ0n) is 11.2. The molecule has 2 nitrogen and oxygen atoms in total. The van der Waals surface area contributed by atoms with Crippen molar-refractivity contribution in [3.05, 3.63) is 63.6 Å². The van der Waals surface area contributed by atoms with Crippen LogP contribution >= 0.6 is 15.9 Å². The van der Waals surface area contributed by atoms with Crippen molar-refractivity contribution in [2.24, 2.45) is 0 Å². The lowest BCUT2D eigenvalue weighted by Crippen LogP contribution is -2.20. The summed E-state index contributed by atoms with van der Waals surface area (Å²) in [6.45, 7) is 0. The molecular formula is C17H15BrO2. The summed E-state index contributed by atoms with van der Waals surface area (Å²) in [4.78, 5) is 12.5. The van der Waals surface area contributed by atoms with Gasteiger partial charge in [0.1, 0.15) is 5.75 Å². The van der Waals surface area contributed by atoms with Crippen molar-refractivity contribution in [3.8, 4) is 5.75 Å². The summed E-state index contributed by atoms with van der Waals surface area (Å²) in [6.07, 6.45) is 1.55. The van der Waals surface area contributed by atoms with E-state index >= 15 is 0 Å². The number of fused-ring (bicyclic) bond motifs is 1. The van der Waals surface area contributed by atoms with Gasteiger partial charge in [-0.05, 0) is 41.7 Å². The van der Waals surface area contributed by atoms with Gasteiger partial charge in [-0.25, -0.2) is 0 Å². The first-order valence-electron chi connectivity index (χ1n) is 6.63. The molecule has 0 fully saturated rings. The van der Waals surface area contributed by atoms with Crippen molar-refractivity contribution in [1.29, 1.82) is 0 Å². The van der Waals surface area contributed by atoms with Crippen molar-refractivity contribution in [3.63, 3.8) is 0 Å². The molecule has 0 aromatic heterocycles. The molecule has 102 valence electrons. The second-order valence-corrected chi connectivity index (χ2v) is 5.99.